The number of anilines is 1. The number of quaternary nitrogens is 1. The first kappa shape index (κ1) is 21.3. The molecular weight excluding hydrogens is 389 g/mol. The van der Waals surface area contributed by atoms with Crippen molar-refractivity contribution in [2.45, 2.75) is 18.2 Å². The molecular formula is C22H27FN3O2S+. The van der Waals surface area contributed by atoms with E-state index in [0.717, 1.165) is 44.0 Å². The van der Waals surface area contributed by atoms with Gasteiger partial charge in [0, 0.05) is 10.6 Å². The van der Waals surface area contributed by atoms with Crippen LogP contribution in [-0.2, 0) is 4.79 Å². The molecule has 2 aromatic rings. The second-order valence-electron chi connectivity index (χ2n) is 7.13. The molecule has 7 heteroatoms. The zero-order valence-electron chi connectivity index (χ0n) is 16.6. The molecule has 0 aromatic heterocycles. The second-order valence-corrected chi connectivity index (χ2v) is 8.15. The number of hydrogen-bond acceptors (Lipinski definition) is 3. The van der Waals surface area contributed by atoms with E-state index in [-0.39, 0.29) is 23.4 Å². The Kier molecular flexibility index (Phi) is 7.66. The van der Waals surface area contributed by atoms with Crippen LogP contribution >= 0.6 is 11.8 Å². The molecule has 0 bridgehead atoms. The van der Waals surface area contributed by atoms with Crippen molar-refractivity contribution in [2.75, 3.05) is 43.8 Å². The van der Waals surface area contributed by atoms with Gasteiger partial charge in [0.15, 0.2) is 0 Å². The monoisotopic (exact) mass is 416 g/mol. The molecule has 1 fully saturated rings. The summed E-state index contributed by atoms with van der Waals surface area (Å²) in [5, 5.41) is 2.74. The van der Waals surface area contributed by atoms with Crippen molar-refractivity contribution < 1.29 is 18.9 Å². The second kappa shape index (κ2) is 10.4. The van der Waals surface area contributed by atoms with E-state index in [2.05, 4.69) is 12.2 Å². The summed E-state index contributed by atoms with van der Waals surface area (Å²) in [7, 11) is 0. The smallest absolute Gasteiger partial charge is 0.255 e. The summed E-state index contributed by atoms with van der Waals surface area (Å²) in [6, 6.07) is 13.1. The molecule has 0 aliphatic carbocycles. The van der Waals surface area contributed by atoms with Gasteiger partial charge in [-0.25, -0.2) is 4.39 Å². The Morgan fingerprint density at radius 1 is 1.10 bits per heavy atom. The predicted octanol–water partition coefficient (Wildman–Crippen LogP) is 2.31. The number of halogens is 1. The number of carbonyl (C=O) groups excluding carboxylic acids is 2. The third-order valence-corrected chi connectivity index (χ3v) is 6.04. The molecule has 0 atom stereocenters. The van der Waals surface area contributed by atoms with Gasteiger partial charge in [0.2, 0.25) is 5.91 Å². The van der Waals surface area contributed by atoms with Crippen molar-refractivity contribution in [1.29, 1.82) is 0 Å². The molecule has 154 valence electrons. The van der Waals surface area contributed by atoms with Crippen LogP contribution in [0.25, 0.3) is 0 Å². The van der Waals surface area contributed by atoms with E-state index in [4.69, 9.17) is 0 Å². The maximum absolute atomic E-state index is 13.0. The standard InChI is InChI=1S/C22H26FN3O2S/c1-2-11-25-12-14-26(15-13-25)22(28)19-5-3-4-6-20(19)29-16-21(27)24-18-9-7-17(23)8-10-18/h3-10H,2,11-16H2,1H3,(H,24,27)/p+1. The lowest BCUT2D eigenvalue weighted by Gasteiger charge is -2.32. The van der Waals surface area contributed by atoms with Gasteiger partial charge in [0.05, 0.1) is 44.0 Å². The molecule has 0 spiro atoms. The van der Waals surface area contributed by atoms with Gasteiger partial charge in [0.1, 0.15) is 5.82 Å². The van der Waals surface area contributed by atoms with Crippen LogP contribution in [0.3, 0.4) is 0 Å². The fourth-order valence-corrected chi connectivity index (χ4v) is 4.29. The van der Waals surface area contributed by atoms with Crippen LogP contribution in [0.2, 0.25) is 0 Å². The predicted molar refractivity (Wildman–Crippen MR) is 114 cm³/mol. The molecule has 29 heavy (non-hydrogen) atoms. The molecule has 2 amide bonds. The summed E-state index contributed by atoms with van der Waals surface area (Å²) in [6.45, 7) is 6.82. The molecule has 1 aliphatic rings. The van der Waals surface area contributed by atoms with E-state index >= 15 is 0 Å². The first-order valence-electron chi connectivity index (χ1n) is 9.97. The largest absolute Gasteiger partial charge is 0.332 e. The Morgan fingerprint density at radius 3 is 2.48 bits per heavy atom. The first-order chi connectivity index (χ1) is 14.1. The van der Waals surface area contributed by atoms with Gasteiger partial charge >= 0.3 is 0 Å². The fourth-order valence-electron chi connectivity index (χ4n) is 3.44. The Hall–Kier alpha value is -2.38. The Morgan fingerprint density at radius 2 is 1.79 bits per heavy atom. The lowest BCUT2D eigenvalue weighted by molar-refractivity contribution is -0.904. The summed E-state index contributed by atoms with van der Waals surface area (Å²) in [5.41, 5.74) is 1.19. The highest BCUT2D eigenvalue weighted by atomic mass is 32.2. The molecule has 1 heterocycles. The average molecular weight is 417 g/mol. The summed E-state index contributed by atoms with van der Waals surface area (Å²) in [6.07, 6.45) is 1.16. The topological polar surface area (TPSA) is 53.9 Å². The zero-order chi connectivity index (χ0) is 20.6. The lowest BCUT2D eigenvalue weighted by Crippen LogP contribution is -3.14. The number of hydrogen-bond donors (Lipinski definition) is 2. The highest BCUT2D eigenvalue weighted by Gasteiger charge is 2.25. The lowest BCUT2D eigenvalue weighted by atomic mass is 10.2. The molecule has 3 rings (SSSR count). The number of carbonyl (C=O) groups is 2. The van der Waals surface area contributed by atoms with Gasteiger partial charge in [-0.1, -0.05) is 19.1 Å². The fraction of sp³-hybridized carbons (Fsp3) is 0.364. The molecule has 0 saturated carbocycles. The van der Waals surface area contributed by atoms with Crippen LogP contribution in [-0.4, -0.2) is 55.2 Å². The summed E-state index contributed by atoms with van der Waals surface area (Å²) >= 11 is 1.34. The van der Waals surface area contributed by atoms with Crippen molar-refractivity contribution >= 4 is 29.3 Å². The van der Waals surface area contributed by atoms with Crippen molar-refractivity contribution in [1.82, 2.24) is 4.90 Å². The zero-order valence-corrected chi connectivity index (χ0v) is 17.4. The summed E-state index contributed by atoms with van der Waals surface area (Å²) in [5.74, 6) is -0.332. The molecule has 2 aromatic carbocycles. The van der Waals surface area contributed by atoms with E-state index in [1.165, 1.54) is 36.0 Å². The van der Waals surface area contributed by atoms with Gasteiger partial charge in [0.25, 0.3) is 5.91 Å². The number of benzene rings is 2. The highest BCUT2D eigenvalue weighted by molar-refractivity contribution is 8.00. The number of amides is 2. The van der Waals surface area contributed by atoms with Crippen LogP contribution in [0, 0.1) is 5.82 Å². The third kappa shape index (κ3) is 6.05. The van der Waals surface area contributed by atoms with Gasteiger partial charge in [-0.2, -0.15) is 0 Å². The van der Waals surface area contributed by atoms with Crippen molar-refractivity contribution in [3.8, 4) is 0 Å². The van der Waals surface area contributed by atoms with Gasteiger partial charge in [-0.3, -0.25) is 9.59 Å². The number of nitrogens with zero attached hydrogens (tertiary/aromatic N) is 1. The highest BCUT2D eigenvalue weighted by Crippen LogP contribution is 2.24. The number of nitrogens with one attached hydrogen (secondary N) is 2. The van der Waals surface area contributed by atoms with Crippen LogP contribution in [0.4, 0.5) is 10.1 Å². The Balaban J connectivity index is 1.58. The molecule has 2 N–H and O–H groups in total. The van der Waals surface area contributed by atoms with E-state index in [0.29, 0.717) is 11.3 Å². The minimum atomic E-state index is -0.345. The van der Waals surface area contributed by atoms with Crippen LogP contribution < -0.4 is 10.2 Å². The average Bonchev–Trinajstić information content (AvgIpc) is 2.74. The molecule has 0 radical (unpaired) electrons. The Bertz CT molecular complexity index is 836. The SMILES string of the molecule is CCC[NH+]1CCN(C(=O)c2ccccc2SCC(=O)Nc2ccc(F)cc2)CC1. The number of piperazine rings is 1. The Labute approximate surface area is 175 Å². The van der Waals surface area contributed by atoms with Crippen molar-refractivity contribution in [3.63, 3.8) is 0 Å². The van der Waals surface area contributed by atoms with Crippen LogP contribution in [0.1, 0.15) is 23.7 Å². The van der Waals surface area contributed by atoms with E-state index in [9.17, 15) is 14.0 Å². The van der Waals surface area contributed by atoms with E-state index in [1.54, 1.807) is 4.90 Å². The van der Waals surface area contributed by atoms with Crippen molar-refractivity contribution in [3.05, 3.63) is 59.9 Å². The minimum Gasteiger partial charge on any atom is -0.332 e. The summed E-state index contributed by atoms with van der Waals surface area (Å²) < 4.78 is 13.0. The van der Waals surface area contributed by atoms with Crippen LogP contribution in [0.5, 0.6) is 0 Å². The van der Waals surface area contributed by atoms with E-state index in [1.807, 2.05) is 29.2 Å². The maximum Gasteiger partial charge on any atom is 0.255 e. The first-order valence-corrected chi connectivity index (χ1v) is 11.0. The third-order valence-electron chi connectivity index (χ3n) is 4.97. The minimum absolute atomic E-state index is 0.0302. The number of rotatable bonds is 7. The van der Waals surface area contributed by atoms with Crippen molar-refractivity contribution in [2.24, 2.45) is 0 Å². The van der Waals surface area contributed by atoms with Gasteiger partial charge in [-0.15, -0.1) is 11.8 Å². The van der Waals surface area contributed by atoms with E-state index < -0.39 is 0 Å². The normalized spacial score (nSPS) is 14.6. The maximum atomic E-state index is 13.0. The molecule has 1 aliphatic heterocycles. The number of thioether (sulfide) groups is 1. The van der Waals surface area contributed by atoms with Crippen LogP contribution in [0.15, 0.2) is 53.4 Å². The summed E-state index contributed by atoms with van der Waals surface area (Å²) in [4.78, 5) is 29.5. The molecule has 0 unspecified atom stereocenters. The van der Waals surface area contributed by atoms with Gasteiger partial charge < -0.3 is 15.1 Å². The quantitative estimate of drug-likeness (QED) is 0.681. The van der Waals surface area contributed by atoms with Gasteiger partial charge in [-0.05, 0) is 42.8 Å². The molecule has 1 saturated heterocycles. The molecule has 5 nitrogen and oxygen atoms in total.